The second kappa shape index (κ2) is 9.16. The van der Waals surface area contributed by atoms with Crippen LogP contribution in [0.15, 0.2) is 36.2 Å². The molecule has 1 heterocycles. The van der Waals surface area contributed by atoms with Crippen molar-refractivity contribution in [2.24, 2.45) is 50.2 Å². The highest BCUT2D eigenvalue weighted by Crippen LogP contribution is 2.75. The Morgan fingerprint density at radius 3 is 2.35 bits per heavy atom. The summed E-state index contributed by atoms with van der Waals surface area (Å²) < 4.78 is 6.14. The van der Waals surface area contributed by atoms with Gasteiger partial charge in [-0.15, -0.1) is 0 Å². The molecule has 5 aliphatic rings. The average Bonchev–Trinajstić information content (AvgIpc) is 2.90. The van der Waals surface area contributed by atoms with Crippen LogP contribution in [0.25, 0.3) is 0 Å². The monoisotopic (exact) mass is 547 g/mol. The lowest BCUT2D eigenvalue weighted by Gasteiger charge is -2.71. The lowest BCUT2D eigenvalue weighted by atomic mass is 9.33. The van der Waals surface area contributed by atoms with E-state index < -0.39 is 5.41 Å². The second-order valence-corrected chi connectivity index (χ2v) is 16.7. The zero-order valence-electron chi connectivity index (χ0n) is 26.2. The molecule has 0 amide bonds. The molecular formula is C36H53NO3. The van der Waals surface area contributed by atoms with Crippen molar-refractivity contribution in [3.63, 3.8) is 0 Å². The minimum Gasteiger partial charge on any atom is -0.460 e. The van der Waals surface area contributed by atoms with E-state index in [1.807, 2.05) is 12.1 Å². The molecule has 5 aliphatic carbocycles. The van der Waals surface area contributed by atoms with Crippen molar-refractivity contribution in [2.45, 2.75) is 125 Å². The summed E-state index contributed by atoms with van der Waals surface area (Å²) in [4.78, 5) is 18.2. The van der Waals surface area contributed by atoms with Crippen LogP contribution in [0, 0.1) is 50.2 Å². The second-order valence-electron chi connectivity index (χ2n) is 16.7. The minimum absolute atomic E-state index is 0.0266. The van der Waals surface area contributed by atoms with E-state index in [2.05, 4.69) is 59.5 Å². The number of esters is 1. The molecule has 40 heavy (non-hydrogen) atoms. The first-order valence-corrected chi connectivity index (χ1v) is 16.1. The fourth-order valence-corrected chi connectivity index (χ4v) is 11.4. The van der Waals surface area contributed by atoms with Crippen molar-refractivity contribution in [1.82, 2.24) is 4.98 Å². The molecule has 4 saturated carbocycles. The van der Waals surface area contributed by atoms with E-state index in [-0.39, 0.29) is 45.1 Å². The molecule has 4 heteroatoms. The number of rotatable bonds is 3. The fraction of sp³-hybridized carbons (Fsp3) is 0.778. The number of hydrogen-bond acceptors (Lipinski definition) is 4. The first-order valence-electron chi connectivity index (χ1n) is 16.1. The summed E-state index contributed by atoms with van der Waals surface area (Å²) in [6.07, 6.45) is 16.6. The Labute approximate surface area is 242 Å². The third-order valence-electron chi connectivity index (χ3n) is 14.1. The van der Waals surface area contributed by atoms with E-state index >= 15 is 0 Å². The number of carbonyl (C=O) groups is 1. The summed E-state index contributed by atoms with van der Waals surface area (Å²) in [5.74, 6) is 1.45. The fourth-order valence-electron chi connectivity index (χ4n) is 11.4. The van der Waals surface area contributed by atoms with E-state index in [0.29, 0.717) is 18.4 Å². The summed E-state index contributed by atoms with van der Waals surface area (Å²) in [7, 11) is 0. The molecule has 1 aromatic rings. The van der Waals surface area contributed by atoms with Gasteiger partial charge in [0.25, 0.3) is 0 Å². The highest BCUT2D eigenvalue weighted by molar-refractivity contribution is 5.78. The largest absolute Gasteiger partial charge is 0.460 e. The van der Waals surface area contributed by atoms with Crippen LogP contribution in [0.1, 0.15) is 118 Å². The highest BCUT2D eigenvalue weighted by atomic mass is 16.5. The van der Waals surface area contributed by atoms with Crippen LogP contribution in [0.2, 0.25) is 0 Å². The molecular weight excluding hydrogens is 494 g/mol. The third-order valence-corrected chi connectivity index (χ3v) is 14.1. The number of fused-ring (bicyclic) bond motifs is 7. The van der Waals surface area contributed by atoms with Gasteiger partial charge < -0.3 is 9.84 Å². The van der Waals surface area contributed by atoms with Gasteiger partial charge in [0.15, 0.2) is 0 Å². The Kier molecular flexibility index (Phi) is 6.51. The minimum atomic E-state index is -0.408. The maximum Gasteiger partial charge on any atom is 0.313 e. The summed E-state index contributed by atoms with van der Waals surface area (Å²) in [5.41, 5.74) is 2.91. The van der Waals surface area contributed by atoms with E-state index in [1.54, 1.807) is 18.0 Å². The number of ether oxygens (including phenoxy) is 1. The molecule has 4 nitrogen and oxygen atoms in total. The van der Waals surface area contributed by atoms with Crippen LogP contribution in [-0.4, -0.2) is 22.2 Å². The SMILES string of the molecule is CC1(C)CCC2(C(=O)OCc3ccncc3)CCC3(C)C(=CCC4C5(C)CCC(O)C(C)(C)C5CCC43C)C2C1. The summed E-state index contributed by atoms with van der Waals surface area (Å²) in [6.45, 7) is 17.6. The van der Waals surface area contributed by atoms with Gasteiger partial charge in [0.1, 0.15) is 6.61 Å². The number of nitrogens with zero attached hydrogens (tertiary/aromatic N) is 1. The Balaban J connectivity index is 1.36. The zero-order valence-corrected chi connectivity index (χ0v) is 26.2. The topological polar surface area (TPSA) is 59.4 Å². The van der Waals surface area contributed by atoms with Crippen LogP contribution >= 0.6 is 0 Å². The Morgan fingerprint density at radius 2 is 1.62 bits per heavy atom. The molecule has 0 aliphatic heterocycles. The lowest BCUT2D eigenvalue weighted by Crippen LogP contribution is -2.65. The molecule has 8 atom stereocenters. The standard InChI is InChI=1S/C36H53NO3/c1-31(2)16-18-36(30(39)40-23-24-12-20-37-21-13-24)19-17-34(6)25(26(36)22-31)8-9-28-33(5)14-11-29(38)32(3,4)27(33)10-15-35(28,34)7/h8,12-13,20-21,26-29,38H,9-11,14-19,22-23H2,1-7H3. The van der Waals surface area contributed by atoms with Crippen molar-refractivity contribution in [3.8, 4) is 0 Å². The number of aliphatic hydroxyl groups is 1. The van der Waals surface area contributed by atoms with Gasteiger partial charge in [-0.3, -0.25) is 9.78 Å². The van der Waals surface area contributed by atoms with Crippen LogP contribution in [-0.2, 0) is 16.1 Å². The van der Waals surface area contributed by atoms with E-state index in [4.69, 9.17) is 4.74 Å². The van der Waals surface area contributed by atoms with Gasteiger partial charge in [0.05, 0.1) is 11.5 Å². The Morgan fingerprint density at radius 1 is 0.925 bits per heavy atom. The Hall–Kier alpha value is -1.68. The van der Waals surface area contributed by atoms with Crippen molar-refractivity contribution in [3.05, 3.63) is 41.7 Å². The summed E-state index contributed by atoms with van der Waals surface area (Å²) in [5, 5.41) is 11.0. The Bertz CT molecular complexity index is 1190. The van der Waals surface area contributed by atoms with Crippen molar-refractivity contribution >= 4 is 5.97 Å². The highest BCUT2D eigenvalue weighted by Gasteiger charge is 2.69. The molecule has 0 spiro atoms. The number of aromatic nitrogens is 1. The molecule has 1 N–H and O–H groups in total. The van der Waals surface area contributed by atoms with Gasteiger partial charge in [-0.2, -0.15) is 0 Å². The molecule has 1 aromatic heterocycles. The number of hydrogen-bond donors (Lipinski definition) is 1. The normalized spacial score (nSPS) is 45.1. The van der Waals surface area contributed by atoms with Crippen LogP contribution in [0.5, 0.6) is 0 Å². The predicted octanol–water partition coefficient (Wildman–Crippen LogP) is 8.29. The first kappa shape index (κ1) is 28.4. The van der Waals surface area contributed by atoms with Crippen molar-refractivity contribution < 1.29 is 14.6 Å². The van der Waals surface area contributed by atoms with Gasteiger partial charge >= 0.3 is 5.97 Å². The molecule has 0 radical (unpaired) electrons. The molecule has 0 aromatic carbocycles. The quantitative estimate of drug-likeness (QED) is 0.305. The summed E-state index contributed by atoms with van der Waals surface area (Å²) in [6, 6.07) is 3.88. The van der Waals surface area contributed by atoms with Crippen LogP contribution < -0.4 is 0 Å². The zero-order chi connectivity index (χ0) is 28.8. The maximum atomic E-state index is 14.1. The lowest BCUT2D eigenvalue weighted by molar-refractivity contribution is -0.206. The number of aliphatic hydroxyl groups excluding tert-OH is 1. The van der Waals surface area contributed by atoms with Gasteiger partial charge in [0.2, 0.25) is 0 Å². The molecule has 4 fully saturated rings. The van der Waals surface area contributed by atoms with E-state index in [1.165, 1.54) is 12.8 Å². The summed E-state index contributed by atoms with van der Waals surface area (Å²) >= 11 is 0. The van der Waals surface area contributed by atoms with Crippen molar-refractivity contribution in [2.75, 3.05) is 0 Å². The predicted molar refractivity (Wildman–Crippen MR) is 159 cm³/mol. The molecule has 220 valence electrons. The molecule has 8 unspecified atom stereocenters. The van der Waals surface area contributed by atoms with E-state index in [0.717, 1.165) is 56.9 Å². The molecule has 0 saturated heterocycles. The van der Waals surface area contributed by atoms with Gasteiger partial charge in [-0.25, -0.2) is 0 Å². The van der Waals surface area contributed by atoms with Gasteiger partial charge in [-0.05, 0) is 127 Å². The van der Waals surface area contributed by atoms with Crippen LogP contribution in [0.3, 0.4) is 0 Å². The molecule has 6 rings (SSSR count). The maximum absolute atomic E-state index is 14.1. The van der Waals surface area contributed by atoms with E-state index in [9.17, 15) is 9.90 Å². The number of allylic oxidation sites excluding steroid dienone is 2. The third kappa shape index (κ3) is 3.86. The van der Waals surface area contributed by atoms with Gasteiger partial charge in [-0.1, -0.05) is 60.1 Å². The smallest absolute Gasteiger partial charge is 0.313 e. The van der Waals surface area contributed by atoms with Crippen molar-refractivity contribution in [1.29, 1.82) is 0 Å². The number of pyridine rings is 1. The van der Waals surface area contributed by atoms with Gasteiger partial charge in [0, 0.05) is 12.4 Å². The molecule has 0 bridgehead atoms. The number of carbonyl (C=O) groups excluding carboxylic acids is 1. The first-order chi connectivity index (χ1) is 18.7. The van der Waals surface area contributed by atoms with Crippen LogP contribution in [0.4, 0.5) is 0 Å². The average molecular weight is 548 g/mol.